The molecule has 0 N–H and O–H groups in total. The lowest BCUT2D eigenvalue weighted by molar-refractivity contribution is 0.698. The second-order valence-corrected chi connectivity index (χ2v) is 10.7. The maximum atomic E-state index is 6.81. The molecule has 0 atom stereocenters. The van der Waals surface area contributed by atoms with Crippen molar-refractivity contribution in [2.75, 3.05) is 0 Å². The van der Waals surface area contributed by atoms with Crippen LogP contribution in [-0.2, 0) is 15.9 Å². The fourth-order valence-corrected chi connectivity index (χ4v) is 4.26. The highest BCUT2D eigenvalue weighted by Gasteiger charge is 2.31. The monoisotopic (exact) mass is 426 g/mol. The minimum atomic E-state index is -0.643. The molecule has 160 valence electrons. The summed E-state index contributed by atoms with van der Waals surface area (Å²) in [5.74, 6) is 0.854. The van der Waals surface area contributed by atoms with Crippen molar-refractivity contribution in [3.8, 4) is 17.1 Å². The molecule has 4 rings (SSSR count). The summed E-state index contributed by atoms with van der Waals surface area (Å²) >= 11 is 0. The topological polar surface area (TPSA) is 17.8 Å². The molecule has 2 nitrogen and oxygen atoms in total. The zero-order chi connectivity index (χ0) is 24.2. The molecule has 0 unspecified atom stereocenters. The predicted molar refractivity (Wildman–Crippen MR) is 143 cm³/mol. The van der Waals surface area contributed by atoms with Crippen LogP contribution in [0.15, 0.2) is 66.7 Å². The lowest BCUT2D eigenvalue weighted by Crippen LogP contribution is -2.29. The average Bonchev–Trinajstić information content (AvgIpc) is 3.11. The molecule has 0 bridgehead atoms. The van der Waals surface area contributed by atoms with E-state index < -0.39 is 15.9 Å². The van der Waals surface area contributed by atoms with Crippen LogP contribution < -0.4 is 0 Å². The molecule has 4 aromatic rings. The van der Waals surface area contributed by atoms with Crippen molar-refractivity contribution in [1.29, 1.82) is 0 Å². The fraction of sp³-hybridized carbons (Fsp3) is 0.321. The molecule has 0 aliphatic heterocycles. The van der Waals surface area contributed by atoms with Crippen LogP contribution in [0.4, 0.5) is 0 Å². The molecule has 33 heavy (non-hydrogen) atoms. The predicted octanol–water partition coefficient (Wildman–Crippen LogP) is 5.90. The smallest absolute Gasteiger partial charge is 0.145 e. The van der Waals surface area contributed by atoms with Gasteiger partial charge in [0.15, 0.2) is 0 Å². The Kier molecular flexibility index (Phi) is 5.67. The van der Waals surface area contributed by atoms with E-state index in [1.165, 1.54) is 0 Å². The summed E-state index contributed by atoms with van der Waals surface area (Å²) in [6.45, 7) is 12.1. The van der Waals surface area contributed by atoms with Gasteiger partial charge in [-0.2, -0.15) is 0 Å². The molecule has 1 heterocycles. The third kappa shape index (κ3) is 4.43. The molecule has 1 aromatic heterocycles. The molecule has 0 aliphatic carbocycles. The van der Waals surface area contributed by atoms with E-state index in [-0.39, 0.29) is 0 Å². The molecule has 0 saturated heterocycles. The van der Waals surface area contributed by atoms with E-state index in [0.717, 1.165) is 44.8 Å². The van der Waals surface area contributed by atoms with Gasteiger partial charge in [-0.25, -0.2) is 4.98 Å². The van der Waals surface area contributed by atoms with Gasteiger partial charge in [0.2, 0.25) is 0 Å². The van der Waals surface area contributed by atoms with E-state index in [1.807, 2.05) is 77.9 Å². The van der Waals surface area contributed by atoms with Gasteiger partial charge in [0.1, 0.15) is 5.82 Å². The molecular weight excluding hydrogens is 397 g/mol. The third-order valence-corrected chi connectivity index (χ3v) is 6.06. The van der Waals surface area contributed by atoms with Crippen LogP contribution in [0.3, 0.4) is 0 Å². The van der Waals surface area contributed by atoms with Crippen LogP contribution in [0.25, 0.3) is 28.1 Å². The Morgan fingerprint density at radius 1 is 0.667 bits per heavy atom. The molecule has 0 spiro atoms. The highest BCUT2D eigenvalue weighted by molar-refractivity contribution is 6.18. The van der Waals surface area contributed by atoms with Crippen molar-refractivity contribution in [3.05, 3.63) is 83.4 Å². The Bertz CT molecular complexity index is 1270. The van der Waals surface area contributed by atoms with E-state index in [4.69, 9.17) is 28.5 Å². The minimum absolute atomic E-state index is 0.544. The van der Waals surface area contributed by atoms with Gasteiger partial charge < -0.3 is 0 Å². The standard InChI is InChI=1S/C28H29B3N2/c1-26(2,29)19-16-20(27(3,4)30)24(21(17-19)28(5,6)31)33-23-15-11-10-14-22(23)32-25(33)18-12-8-7-9-13-18/h7-17H,1-6H3. The lowest BCUT2D eigenvalue weighted by Gasteiger charge is -2.35. The minimum Gasteiger partial charge on any atom is -0.292 e. The third-order valence-electron chi connectivity index (χ3n) is 6.06. The van der Waals surface area contributed by atoms with E-state index in [1.54, 1.807) is 0 Å². The van der Waals surface area contributed by atoms with E-state index in [9.17, 15) is 0 Å². The number of hydrogen-bond donors (Lipinski definition) is 0. The van der Waals surface area contributed by atoms with Gasteiger partial charge in [-0.3, -0.25) is 4.57 Å². The zero-order valence-electron chi connectivity index (χ0n) is 20.5. The normalized spacial score (nSPS) is 12.9. The number of rotatable bonds is 5. The van der Waals surface area contributed by atoms with Crippen molar-refractivity contribution < 1.29 is 0 Å². The molecule has 6 radical (unpaired) electrons. The first kappa shape index (κ1) is 23.5. The van der Waals surface area contributed by atoms with E-state index in [0.29, 0.717) is 0 Å². The number of benzene rings is 3. The largest absolute Gasteiger partial charge is 0.292 e. The molecule has 3 aromatic carbocycles. The van der Waals surface area contributed by atoms with Crippen molar-refractivity contribution in [3.63, 3.8) is 0 Å². The Hall–Kier alpha value is -2.68. The van der Waals surface area contributed by atoms with Crippen LogP contribution in [0, 0.1) is 0 Å². The zero-order valence-corrected chi connectivity index (χ0v) is 20.5. The molecule has 0 amide bonds. The van der Waals surface area contributed by atoms with Gasteiger partial charge in [-0.15, -0.1) is 0 Å². The van der Waals surface area contributed by atoms with E-state index in [2.05, 4.69) is 34.9 Å². The number of para-hydroxylation sites is 2. The number of aromatic nitrogens is 2. The van der Waals surface area contributed by atoms with Crippen LogP contribution in [-0.4, -0.2) is 33.1 Å². The summed E-state index contributed by atoms with van der Waals surface area (Å²) in [5.41, 5.74) is 6.88. The quantitative estimate of drug-likeness (QED) is 0.364. The summed E-state index contributed by atoms with van der Waals surface area (Å²) in [6.07, 6.45) is 0. The number of hydrogen-bond acceptors (Lipinski definition) is 1. The summed E-state index contributed by atoms with van der Waals surface area (Å²) < 4.78 is 2.21. The summed E-state index contributed by atoms with van der Waals surface area (Å²) in [7, 11) is 20.2. The van der Waals surface area contributed by atoms with E-state index >= 15 is 0 Å². The Labute approximate surface area is 202 Å². The van der Waals surface area contributed by atoms with Crippen molar-refractivity contribution in [2.24, 2.45) is 0 Å². The average molecular weight is 426 g/mol. The first-order chi connectivity index (χ1) is 15.3. The summed E-state index contributed by atoms with van der Waals surface area (Å²) in [4.78, 5) is 5.03. The first-order valence-corrected chi connectivity index (χ1v) is 11.4. The summed E-state index contributed by atoms with van der Waals surface area (Å²) in [6, 6.07) is 22.7. The van der Waals surface area contributed by atoms with Crippen molar-refractivity contribution in [1.82, 2.24) is 9.55 Å². The number of nitrogens with zero attached hydrogens (tertiary/aromatic N) is 2. The molecule has 5 heteroatoms. The van der Waals surface area contributed by atoms with Crippen molar-refractivity contribution >= 4 is 34.6 Å². The maximum Gasteiger partial charge on any atom is 0.145 e. The molecule has 0 saturated carbocycles. The SMILES string of the molecule is [B]C(C)(C)c1cc(C([B])(C)C)c(-n2c(-c3ccccc3)nc3ccccc32)c(C([B])(C)C)c1. The van der Waals surface area contributed by atoms with Gasteiger partial charge in [-0.1, -0.05) is 102 Å². The van der Waals surface area contributed by atoms with Crippen LogP contribution in [0.1, 0.15) is 58.2 Å². The van der Waals surface area contributed by atoms with Gasteiger partial charge in [0.25, 0.3) is 0 Å². The van der Waals surface area contributed by atoms with Gasteiger partial charge in [0, 0.05) is 5.56 Å². The van der Waals surface area contributed by atoms with Crippen LogP contribution in [0.2, 0.25) is 0 Å². The second kappa shape index (κ2) is 7.97. The van der Waals surface area contributed by atoms with Crippen LogP contribution >= 0.6 is 0 Å². The Balaban J connectivity index is 2.23. The second-order valence-electron chi connectivity index (χ2n) is 10.7. The summed E-state index contributed by atoms with van der Waals surface area (Å²) in [5, 5.41) is -1.83. The van der Waals surface area contributed by atoms with Crippen LogP contribution in [0.5, 0.6) is 0 Å². The first-order valence-electron chi connectivity index (χ1n) is 11.4. The number of fused-ring (bicyclic) bond motifs is 1. The molecular formula is C28H29B3N2. The Morgan fingerprint density at radius 3 is 1.70 bits per heavy atom. The maximum absolute atomic E-state index is 6.81. The highest BCUT2D eigenvalue weighted by atomic mass is 15.1. The Morgan fingerprint density at radius 2 is 1.18 bits per heavy atom. The molecule has 0 aliphatic rings. The molecule has 0 fully saturated rings. The lowest BCUT2D eigenvalue weighted by atomic mass is 9.59. The van der Waals surface area contributed by atoms with Crippen molar-refractivity contribution in [2.45, 2.75) is 57.5 Å². The fourth-order valence-electron chi connectivity index (χ4n) is 4.26. The van der Waals surface area contributed by atoms with Gasteiger partial charge >= 0.3 is 0 Å². The highest BCUT2D eigenvalue weighted by Crippen LogP contribution is 2.41. The van der Waals surface area contributed by atoms with Gasteiger partial charge in [0.05, 0.1) is 40.3 Å². The van der Waals surface area contributed by atoms with Gasteiger partial charge in [-0.05, 0) is 39.2 Å². The number of imidazole rings is 1.